The minimum Gasteiger partial charge on any atom is -0.487 e. The van der Waals surface area contributed by atoms with Gasteiger partial charge in [-0.05, 0) is 116 Å². The molecule has 6 atom stereocenters. The Morgan fingerprint density at radius 1 is 1.05 bits per heavy atom. The number of nitrogens with one attached hydrogen (secondary N) is 1. The number of anilines is 1. The second-order valence-electron chi connectivity index (χ2n) is 13.0. The summed E-state index contributed by atoms with van der Waals surface area (Å²) in [6.45, 7) is 4.09. The minimum absolute atomic E-state index is 0.0000197. The molecule has 2 aliphatic heterocycles. The molecule has 2 bridgehead atoms. The minimum atomic E-state index is -3.78. The Kier molecular flexibility index (Phi) is 9.41. The molecule has 2 aliphatic carbocycles. The summed E-state index contributed by atoms with van der Waals surface area (Å²) in [6, 6.07) is 11.6. The Hall–Kier alpha value is -2.10. The fraction of sp³-hybridized carbons (Fsp3) is 0.588. The molecule has 0 saturated heterocycles. The van der Waals surface area contributed by atoms with Crippen molar-refractivity contribution in [3.05, 3.63) is 70.3 Å². The lowest BCUT2D eigenvalue weighted by Gasteiger charge is -2.43. The van der Waals surface area contributed by atoms with Gasteiger partial charge in [-0.15, -0.1) is 0 Å². The number of hydrogen-bond acceptors (Lipinski definition) is 6. The van der Waals surface area contributed by atoms with Gasteiger partial charge in [0.2, 0.25) is 10.0 Å². The van der Waals surface area contributed by atoms with Crippen LogP contribution < -0.4 is 14.4 Å². The third-order valence-electron chi connectivity index (χ3n) is 10.1. The summed E-state index contributed by atoms with van der Waals surface area (Å²) in [5.74, 6) is 1.63. The number of sulfonamides is 1. The van der Waals surface area contributed by atoms with Crippen LogP contribution in [-0.4, -0.2) is 45.1 Å². The fourth-order valence-corrected chi connectivity index (χ4v) is 9.67. The number of ether oxygens (including phenoxy) is 2. The van der Waals surface area contributed by atoms with E-state index < -0.39 is 21.5 Å². The molecule has 0 radical (unpaired) electrons. The second-order valence-corrected chi connectivity index (χ2v) is 15.3. The predicted octanol–water partition coefficient (Wildman–Crippen LogP) is 6.39. The van der Waals surface area contributed by atoms with Crippen LogP contribution in [0.25, 0.3) is 0 Å². The van der Waals surface area contributed by atoms with Crippen molar-refractivity contribution < 1.29 is 23.0 Å². The smallest absolute Gasteiger partial charge is 0.217 e. The molecule has 2 aromatic rings. The first-order valence-corrected chi connectivity index (χ1v) is 17.8. The van der Waals surface area contributed by atoms with Gasteiger partial charge in [-0.25, -0.2) is 8.42 Å². The van der Waals surface area contributed by atoms with Gasteiger partial charge < -0.3 is 19.5 Å². The number of aliphatic hydroxyl groups is 1. The Balaban J connectivity index is 1.38. The third-order valence-corrected chi connectivity index (χ3v) is 12.4. The molecule has 1 unspecified atom stereocenters. The summed E-state index contributed by atoms with van der Waals surface area (Å²) >= 11 is 6.34. The van der Waals surface area contributed by atoms with Gasteiger partial charge in [0.05, 0.1) is 17.0 Å². The van der Waals surface area contributed by atoms with E-state index in [1.165, 1.54) is 5.56 Å². The number of benzene rings is 2. The number of aryl methyl sites for hydroxylation is 1. The molecule has 7 nitrogen and oxygen atoms in total. The van der Waals surface area contributed by atoms with Gasteiger partial charge in [0.15, 0.2) is 0 Å². The zero-order valence-electron chi connectivity index (χ0n) is 25.3. The van der Waals surface area contributed by atoms with Gasteiger partial charge in [-0.2, -0.15) is 4.72 Å². The van der Waals surface area contributed by atoms with Crippen LogP contribution in [0, 0.1) is 23.7 Å². The number of fused-ring (bicyclic) bond motifs is 3. The van der Waals surface area contributed by atoms with E-state index in [1.54, 1.807) is 13.2 Å². The van der Waals surface area contributed by atoms with Gasteiger partial charge in [0.25, 0.3) is 0 Å². The van der Waals surface area contributed by atoms with Gasteiger partial charge >= 0.3 is 0 Å². The highest BCUT2D eigenvalue weighted by Crippen LogP contribution is 2.43. The summed E-state index contributed by atoms with van der Waals surface area (Å²) in [6.07, 6.45) is 10.6. The number of hydrogen-bond donors (Lipinski definition) is 2. The number of aliphatic hydroxyl groups excluding tert-OH is 1. The average Bonchev–Trinajstić information content (AvgIpc) is 3.79. The lowest BCUT2D eigenvalue weighted by molar-refractivity contribution is 0.0134. The maximum atomic E-state index is 13.7. The van der Waals surface area contributed by atoms with Crippen molar-refractivity contribution in [2.75, 3.05) is 25.1 Å². The maximum Gasteiger partial charge on any atom is 0.217 e. The van der Waals surface area contributed by atoms with Crippen molar-refractivity contribution in [3.63, 3.8) is 0 Å². The topological polar surface area (TPSA) is 88.1 Å². The van der Waals surface area contributed by atoms with Crippen molar-refractivity contribution >= 4 is 27.3 Å². The monoisotopic (exact) mass is 628 g/mol. The molecule has 6 rings (SSSR count). The lowest BCUT2D eigenvalue weighted by Crippen LogP contribution is -2.44. The van der Waals surface area contributed by atoms with Gasteiger partial charge in [-0.3, -0.25) is 0 Å². The first-order valence-electron chi connectivity index (χ1n) is 15.9. The SMILES string of the molecule is CO[C@H]1/C=C/C[C@@H](C)[C@@H](C2CC2)S(=O)(=O)NC(O)c2ccc3c(c2)N(CCCCc2cc(Cl)ccc2CO3)C[C@@H]2CC[C@H]21. The molecule has 0 aromatic heterocycles. The normalized spacial score (nSPS) is 32.2. The summed E-state index contributed by atoms with van der Waals surface area (Å²) in [4.78, 5) is 2.39. The Morgan fingerprint density at radius 2 is 1.86 bits per heavy atom. The van der Waals surface area contributed by atoms with E-state index in [1.807, 2.05) is 37.3 Å². The first kappa shape index (κ1) is 30.9. The van der Waals surface area contributed by atoms with Crippen LogP contribution in [0.15, 0.2) is 48.6 Å². The molecule has 43 heavy (non-hydrogen) atoms. The summed E-state index contributed by atoms with van der Waals surface area (Å²) in [7, 11) is -2.00. The molecule has 2 aromatic carbocycles. The number of nitrogens with zero attached hydrogens (tertiary/aromatic N) is 1. The summed E-state index contributed by atoms with van der Waals surface area (Å²) in [5, 5.41) is 11.5. The zero-order valence-corrected chi connectivity index (χ0v) is 26.8. The van der Waals surface area contributed by atoms with E-state index in [4.69, 9.17) is 21.1 Å². The first-order chi connectivity index (χ1) is 20.7. The number of methoxy groups -OCH3 is 1. The van der Waals surface area contributed by atoms with E-state index >= 15 is 0 Å². The Labute approximate surface area is 261 Å². The van der Waals surface area contributed by atoms with Crippen molar-refractivity contribution in [1.29, 1.82) is 0 Å². The molecule has 4 aliphatic rings. The molecule has 9 heteroatoms. The second kappa shape index (κ2) is 13.1. The maximum absolute atomic E-state index is 13.7. The molecule has 2 fully saturated rings. The van der Waals surface area contributed by atoms with E-state index in [9.17, 15) is 13.5 Å². The van der Waals surface area contributed by atoms with Gasteiger partial charge in [0, 0.05) is 25.2 Å². The highest BCUT2D eigenvalue weighted by Gasteiger charge is 2.44. The summed E-state index contributed by atoms with van der Waals surface area (Å²) < 4.78 is 42.6. The third kappa shape index (κ3) is 6.94. The Morgan fingerprint density at radius 3 is 2.60 bits per heavy atom. The average molecular weight is 629 g/mol. The van der Waals surface area contributed by atoms with Crippen LogP contribution >= 0.6 is 11.6 Å². The molecule has 2 N–H and O–H groups in total. The molecule has 2 saturated carbocycles. The molecular weight excluding hydrogens is 584 g/mol. The van der Waals surface area contributed by atoms with Crippen LogP contribution in [0.2, 0.25) is 5.02 Å². The highest BCUT2D eigenvalue weighted by atomic mass is 35.5. The van der Waals surface area contributed by atoms with Crippen LogP contribution in [0.1, 0.15) is 74.8 Å². The standard InChI is InChI=1S/C34H45ClN2O5S/c1-22-6-5-8-31(41-2)29-15-12-26(29)20-37-17-4-3-7-24-18-28(35)14-11-27(24)21-42-32-16-13-25(19-30(32)37)34(38)36-43(39,40)33(22)23-9-10-23/h5,8,11,13-14,16,18-19,22-23,26,29,31,33-34,36,38H,3-4,6-7,9-10,12,15,17,20-21H2,1-2H3/b8-5+/t22-,26+,29-,31+,33+,34?/m1/s1. The van der Waals surface area contributed by atoms with Crippen LogP contribution in [0.5, 0.6) is 5.75 Å². The van der Waals surface area contributed by atoms with E-state index in [0.29, 0.717) is 30.4 Å². The quantitative estimate of drug-likeness (QED) is 0.375. The lowest BCUT2D eigenvalue weighted by atomic mass is 9.70. The van der Waals surface area contributed by atoms with Crippen molar-refractivity contribution in [3.8, 4) is 5.75 Å². The van der Waals surface area contributed by atoms with Gasteiger partial charge in [-0.1, -0.05) is 42.8 Å². The number of rotatable bonds is 2. The summed E-state index contributed by atoms with van der Waals surface area (Å²) in [5.41, 5.74) is 3.74. The Bertz CT molecular complexity index is 1430. The van der Waals surface area contributed by atoms with E-state index in [-0.39, 0.29) is 17.9 Å². The van der Waals surface area contributed by atoms with E-state index in [0.717, 1.165) is 80.1 Å². The molecule has 2 heterocycles. The van der Waals surface area contributed by atoms with Crippen LogP contribution in [0.4, 0.5) is 5.69 Å². The predicted molar refractivity (Wildman–Crippen MR) is 171 cm³/mol. The van der Waals surface area contributed by atoms with Crippen molar-refractivity contribution in [2.45, 2.75) is 82.5 Å². The van der Waals surface area contributed by atoms with Crippen LogP contribution in [-0.2, 0) is 27.8 Å². The number of halogens is 1. The molecule has 0 spiro atoms. The fourth-order valence-electron chi connectivity index (χ4n) is 7.37. The van der Waals surface area contributed by atoms with Crippen LogP contribution in [0.3, 0.4) is 0 Å². The highest BCUT2D eigenvalue weighted by molar-refractivity contribution is 7.90. The molecule has 0 amide bonds. The van der Waals surface area contributed by atoms with Crippen molar-refractivity contribution in [1.82, 2.24) is 4.72 Å². The molecular formula is C34H45ClN2O5S. The van der Waals surface area contributed by atoms with Gasteiger partial charge in [0.1, 0.15) is 18.6 Å². The zero-order chi connectivity index (χ0) is 30.1. The number of allylic oxidation sites excluding steroid dienone is 1. The molecule has 234 valence electrons. The largest absolute Gasteiger partial charge is 0.487 e. The van der Waals surface area contributed by atoms with Crippen molar-refractivity contribution in [2.24, 2.45) is 23.7 Å². The van der Waals surface area contributed by atoms with E-state index in [2.05, 4.69) is 21.8 Å².